The van der Waals surface area contributed by atoms with E-state index in [0.717, 1.165) is 18.4 Å². The van der Waals surface area contributed by atoms with Crippen molar-refractivity contribution in [2.75, 3.05) is 13.2 Å². The lowest BCUT2D eigenvalue weighted by Gasteiger charge is -2.33. The number of para-hydroxylation sites is 1. The van der Waals surface area contributed by atoms with Gasteiger partial charge in [0, 0.05) is 0 Å². The number of hydrogen-bond donors (Lipinski definition) is 2. The second-order valence-corrected chi connectivity index (χ2v) is 7.89. The molecule has 1 aliphatic carbocycles. The minimum Gasteiger partial charge on any atom is -0.493 e. The van der Waals surface area contributed by atoms with Crippen molar-refractivity contribution in [3.63, 3.8) is 0 Å². The first-order chi connectivity index (χ1) is 14.3. The van der Waals surface area contributed by atoms with Gasteiger partial charge < -0.3 is 14.8 Å². The Kier molecular flexibility index (Phi) is 6.59. The van der Waals surface area contributed by atoms with E-state index in [1.807, 2.05) is 25.1 Å². The Morgan fingerprint density at radius 1 is 1.23 bits per heavy atom. The molecule has 0 bridgehead atoms. The molecule has 1 saturated heterocycles. The zero-order valence-electron chi connectivity index (χ0n) is 17.2. The highest BCUT2D eigenvalue weighted by Crippen LogP contribution is 2.35. The smallest absolute Gasteiger partial charge is 0.344 e. The van der Waals surface area contributed by atoms with E-state index in [2.05, 4.69) is 17.7 Å². The van der Waals surface area contributed by atoms with Crippen LogP contribution in [-0.2, 0) is 19.1 Å². The van der Waals surface area contributed by atoms with E-state index in [-0.39, 0.29) is 13.0 Å². The summed E-state index contributed by atoms with van der Waals surface area (Å²) >= 11 is 0. The van der Waals surface area contributed by atoms with Crippen LogP contribution in [0.4, 0.5) is 4.79 Å². The van der Waals surface area contributed by atoms with Gasteiger partial charge in [-0.3, -0.25) is 19.8 Å². The van der Waals surface area contributed by atoms with Crippen molar-refractivity contribution in [3.8, 4) is 5.75 Å². The minimum absolute atomic E-state index is 0.0357. The molecule has 0 radical (unpaired) electrons. The zero-order chi connectivity index (χ0) is 21.7. The van der Waals surface area contributed by atoms with Crippen molar-refractivity contribution in [2.24, 2.45) is 5.92 Å². The summed E-state index contributed by atoms with van der Waals surface area (Å²) in [5, 5.41) is 3.39. The number of ether oxygens (including phenoxy) is 2. The number of rotatable bonds is 7. The third kappa shape index (κ3) is 4.90. The van der Waals surface area contributed by atoms with Crippen molar-refractivity contribution < 1.29 is 28.7 Å². The first-order valence-corrected chi connectivity index (χ1v) is 10.1. The summed E-state index contributed by atoms with van der Waals surface area (Å²) < 4.78 is 10.4. The number of urea groups is 1. The Balaban J connectivity index is 1.41. The van der Waals surface area contributed by atoms with Gasteiger partial charge in [-0.05, 0) is 50.2 Å². The molecular formula is C21H27N3O6. The molecule has 1 spiro atoms. The summed E-state index contributed by atoms with van der Waals surface area (Å²) in [6.45, 7) is 3.52. The first kappa shape index (κ1) is 21.6. The van der Waals surface area contributed by atoms with Crippen LogP contribution in [0, 0.1) is 12.8 Å². The van der Waals surface area contributed by atoms with Gasteiger partial charge in [0.15, 0.2) is 6.61 Å². The second-order valence-electron chi connectivity index (χ2n) is 7.89. The Labute approximate surface area is 175 Å². The SMILES string of the molecule is Cc1ccccc1OCCC(=O)OCC(=O)NN1C(=O)NC2(CCC(C)CC2)C1=O. The summed E-state index contributed by atoms with van der Waals surface area (Å²) in [7, 11) is 0. The number of nitrogens with one attached hydrogen (secondary N) is 2. The van der Waals surface area contributed by atoms with Crippen molar-refractivity contribution in [2.45, 2.75) is 51.5 Å². The molecule has 1 aliphatic heterocycles. The fraction of sp³-hybridized carbons (Fsp3) is 0.524. The number of imide groups is 1. The monoisotopic (exact) mass is 417 g/mol. The fourth-order valence-electron chi connectivity index (χ4n) is 3.65. The van der Waals surface area contributed by atoms with E-state index in [9.17, 15) is 19.2 Å². The van der Waals surface area contributed by atoms with Gasteiger partial charge in [-0.25, -0.2) is 4.79 Å². The van der Waals surface area contributed by atoms with Crippen molar-refractivity contribution >= 4 is 23.8 Å². The molecule has 0 unspecified atom stereocenters. The van der Waals surface area contributed by atoms with Gasteiger partial charge in [0.1, 0.15) is 11.3 Å². The lowest BCUT2D eigenvalue weighted by Crippen LogP contribution is -2.52. The van der Waals surface area contributed by atoms with Crippen LogP contribution in [0.2, 0.25) is 0 Å². The molecule has 2 N–H and O–H groups in total. The predicted molar refractivity (Wildman–Crippen MR) is 106 cm³/mol. The van der Waals surface area contributed by atoms with Crippen LogP contribution in [0.15, 0.2) is 24.3 Å². The largest absolute Gasteiger partial charge is 0.493 e. The molecule has 4 amide bonds. The number of esters is 1. The van der Waals surface area contributed by atoms with Crippen molar-refractivity contribution in [1.29, 1.82) is 0 Å². The Morgan fingerprint density at radius 2 is 1.93 bits per heavy atom. The van der Waals surface area contributed by atoms with Gasteiger partial charge in [0.2, 0.25) is 0 Å². The highest BCUT2D eigenvalue weighted by Gasteiger charge is 2.52. The Bertz CT molecular complexity index is 832. The molecule has 2 fully saturated rings. The third-order valence-electron chi connectivity index (χ3n) is 5.55. The van der Waals surface area contributed by atoms with Gasteiger partial charge in [-0.2, -0.15) is 5.01 Å². The van der Waals surface area contributed by atoms with Crippen LogP contribution in [0.1, 0.15) is 44.6 Å². The summed E-state index contributed by atoms with van der Waals surface area (Å²) in [6, 6.07) is 6.74. The van der Waals surface area contributed by atoms with E-state index < -0.39 is 36.0 Å². The lowest BCUT2D eigenvalue weighted by atomic mass is 9.77. The van der Waals surface area contributed by atoms with Gasteiger partial charge in [-0.15, -0.1) is 0 Å². The maximum atomic E-state index is 12.7. The molecule has 9 heteroatoms. The molecule has 3 rings (SSSR count). The van der Waals surface area contributed by atoms with Crippen LogP contribution < -0.4 is 15.5 Å². The molecular weight excluding hydrogens is 390 g/mol. The summed E-state index contributed by atoms with van der Waals surface area (Å²) in [4.78, 5) is 48.7. The molecule has 1 aromatic rings. The number of hydrogen-bond acceptors (Lipinski definition) is 6. The number of nitrogens with zero attached hydrogens (tertiary/aromatic N) is 1. The first-order valence-electron chi connectivity index (χ1n) is 10.1. The number of carbonyl (C=O) groups excluding carboxylic acids is 4. The zero-order valence-corrected chi connectivity index (χ0v) is 17.2. The maximum Gasteiger partial charge on any atom is 0.344 e. The fourth-order valence-corrected chi connectivity index (χ4v) is 3.65. The molecule has 1 heterocycles. The minimum atomic E-state index is -0.944. The molecule has 1 aromatic carbocycles. The number of hydrazine groups is 1. The number of benzene rings is 1. The third-order valence-corrected chi connectivity index (χ3v) is 5.55. The second kappa shape index (κ2) is 9.15. The number of aryl methyl sites for hydroxylation is 1. The average Bonchev–Trinajstić information content (AvgIpc) is 2.94. The number of carbonyl (C=O) groups is 4. The number of amides is 4. The molecule has 0 atom stereocenters. The van der Waals surface area contributed by atoms with Crippen LogP contribution in [0.5, 0.6) is 5.75 Å². The molecule has 2 aliphatic rings. The maximum absolute atomic E-state index is 12.7. The van der Waals surface area contributed by atoms with Gasteiger partial charge in [-0.1, -0.05) is 25.1 Å². The van der Waals surface area contributed by atoms with E-state index >= 15 is 0 Å². The normalized spacial score (nSPS) is 23.3. The molecule has 9 nitrogen and oxygen atoms in total. The highest BCUT2D eigenvalue weighted by molar-refractivity contribution is 6.08. The van der Waals surface area contributed by atoms with Crippen LogP contribution in [-0.4, -0.2) is 47.6 Å². The molecule has 162 valence electrons. The van der Waals surface area contributed by atoms with Gasteiger partial charge in [0.25, 0.3) is 11.8 Å². The molecule has 0 aromatic heterocycles. The topological polar surface area (TPSA) is 114 Å². The summed E-state index contributed by atoms with van der Waals surface area (Å²) in [6.07, 6.45) is 2.71. The quantitative estimate of drug-likeness (QED) is 0.517. The van der Waals surface area contributed by atoms with E-state index in [1.165, 1.54) is 0 Å². The van der Waals surface area contributed by atoms with Crippen molar-refractivity contribution in [1.82, 2.24) is 15.8 Å². The van der Waals surface area contributed by atoms with Crippen molar-refractivity contribution in [3.05, 3.63) is 29.8 Å². The Morgan fingerprint density at radius 3 is 2.63 bits per heavy atom. The molecule has 30 heavy (non-hydrogen) atoms. The summed E-state index contributed by atoms with van der Waals surface area (Å²) in [5.74, 6) is -0.668. The van der Waals surface area contributed by atoms with E-state index in [1.54, 1.807) is 6.07 Å². The van der Waals surface area contributed by atoms with Crippen LogP contribution in [0.3, 0.4) is 0 Å². The van der Waals surface area contributed by atoms with Crippen LogP contribution in [0.25, 0.3) is 0 Å². The Hall–Kier alpha value is -3.10. The van der Waals surface area contributed by atoms with Gasteiger partial charge >= 0.3 is 12.0 Å². The van der Waals surface area contributed by atoms with Gasteiger partial charge in [0.05, 0.1) is 13.0 Å². The predicted octanol–water partition coefficient (Wildman–Crippen LogP) is 1.84. The van der Waals surface area contributed by atoms with E-state index in [0.29, 0.717) is 29.5 Å². The lowest BCUT2D eigenvalue weighted by molar-refractivity contribution is -0.151. The van der Waals surface area contributed by atoms with Crippen LogP contribution >= 0.6 is 0 Å². The highest BCUT2D eigenvalue weighted by atomic mass is 16.5. The average molecular weight is 417 g/mol. The van der Waals surface area contributed by atoms with E-state index in [4.69, 9.17) is 9.47 Å². The molecule has 1 saturated carbocycles. The standard InChI is InChI=1S/C21H27N3O6/c1-14-7-10-21(11-8-14)19(27)24(20(28)22-21)23-17(25)13-30-18(26)9-12-29-16-6-4-3-5-15(16)2/h3-6,14H,7-13H2,1-2H3,(H,22,28)(H,23,25). The summed E-state index contributed by atoms with van der Waals surface area (Å²) in [5.41, 5.74) is 2.23.